The molecule has 5 heteroatoms. The van der Waals surface area contributed by atoms with E-state index in [2.05, 4.69) is 5.32 Å². The van der Waals surface area contributed by atoms with Crippen molar-refractivity contribution in [2.75, 3.05) is 12.3 Å². The van der Waals surface area contributed by atoms with Crippen LogP contribution >= 0.6 is 0 Å². The van der Waals surface area contributed by atoms with Gasteiger partial charge in [-0.25, -0.2) is 8.42 Å². The van der Waals surface area contributed by atoms with Crippen LogP contribution in [-0.4, -0.2) is 26.6 Å². The Morgan fingerprint density at radius 2 is 1.82 bits per heavy atom. The zero-order valence-electron chi connectivity index (χ0n) is 10.1. The molecule has 17 heavy (non-hydrogen) atoms. The summed E-state index contributed by atoms with van der Waals surface area (Å²) in [6, 6.07) is 6.64. The van der Waals surface area contributed by atoms with E-state index >= 15 is 0 Å². The van der Waals surface area contributed by atoms with E-state index in [0.717, 1.165) is 5.56 Å². The molecule has 94 valence electrons. The fourth-order valence-electron chi connectivity index (χ4n) is 1.38. The number of hydrogen-bond donors (Lipinski definition) is 1. The minimum absolute atomic E-state index is 0.00402. The zero-order valence-corrected chi connectivity index (χ0v) is 10.9. The number of carbonyl (C=O) groups excluding carboxylic acids is 1. The third kappa shape index (κ3) is 4.19. The highest BCUT2D eigenvalue weighted by Crippen LogP contribution is 2.12. The van der Waals surface area contributed by atoms with E-state index in [4.69, 9.17) is 0 Å². The second-order valence-electron chi connectivity index (χ2n) is 3.84. The molecule has 0 aliphatic heterocycles. The summed E-state index contributed by atoms with van der Waals surface area (Å²) in [7, 11) is -3.35. The normalized spacial score (nSPS) is 11.2. The molecule has 0 fully saturated rings. The molecule has 1 rings (SSSR count). The lowest BCUT2D eigenvalue weighted by atomic mass is 10.2. The smallest absolute Gasteiger partial charge is 0.221 e. The van der Waals surface area contributed by atoms with E-state index in [1.807, 2.05) is 6.92 Å². The first-order valence-corrected chi connectivity index (χ1v) is 7.17. The number of hydrogen-bond acceptors (Lipinski definition) is 3. The van der Waals surface area contributed by atoms with Gasteiger partial charge in [0, 0.05) is 13.0 Å². The molecule has 0 unspecified atom stereocenters. The summed E-state index contributed by atoms with van der Waals surface area (Å²) in [4.78, 5) is 11.5. The van der Waals surface area contributed by atoms with Crippen LogP contribution in [0, 0.1) is 6.92 Å². The Labute approximate surface area is 102 Å². The van der Waals surface area contributed by atoms with Gasteiger partial charge in [0.25, 0.3) is 0 Å². The molecule has 1 N–H and O–H groups in total. The average Bonchev–Trinajstić information content (AvgIpc) is 2.28. The fourth-order valence-corrected chi connectivity index (χ4v) is 2.62. The minimum atomic E-state index is -3.35. The number of carbonyl (C=O) groups is 1. The van der Waals surface area contributed by atoms with Gasteiger partial charge in [-0.2, -0.15) is 0 Å². The van der Waals surface area contributed by atoms with E-state index in [9.17, 15) is 13.2 Å². The van der Waals surface area contributed by atoms with E-state index < -0.39 is 9.84 Å². The highest BCUT2D eigenvalue weighted by atomic mass is 32.2. The molecule has 0 bridgehead atoms. The fraction of sp³-hybridized carbons (Fsp3) is 0.417. The van der Waals surface area contributed by atoms with Crippen LogP contribution in [0.5, 0.6) is 0 Å². The van der Waals surface area contributed by atoms with Crippen molar-refractivity contribution in [2.24, 2.45) is 0 Å². The van der Waals surface area contributed by atoms with Gasteiger partial charge >= 0.3 is 0 Å². The van der Waals surface area contributed by atoms with Crippen LogP contribution in [0.2, 0.25) is 0 Å². The summed E-state index contributed by atoms with van der Waals surface area (Å²) in [6.07, 6.45) is 0.00402. The third-order valence-electron chi connectivity index (χ3n) is 2.35. The van der Waals surface area contributed by atoms with Gasteiger partial charge in [-0.05, 0) is 26.0 Å². The summed E-state index contributed by atoms with van der Waals surface area (Å²) >= 11 is 0. The van der Waals surface area contributed by atoms with Gasteiger partial charge in [0.05, 0.1) is 10.6 Å². The first kappa shape index (κ1) is 13.7. The number of sulfone groups is 1. The van der Waals surface area contributed by atoms with Gasteiger partial charge in [0.1, 0.15) is 0 Å². The summed E-state index contributed by atoms with van der Waals surface area (Å²) in [5.41, 5.74) is 1.01. The molecule has 0 saturated carbocycles. The Morgan fingerprint density at radius 1 is 1.24 bits per heavy atom. The molecule has 0 atom stereocenters. The summed E-state index contributed by atoms with van der Waals surface area (Å²) in [5, 5.41) is 2.58. The van der Waals surface area contributed by atoms with Gasteiger partial charge in [-0.15, -0.1) is 0 Å². The maximum Gasteiger partial charge on any atom is 0.221 e. The molecule has 1 amide bonds. The Balaban J connectivity index is 2.69. The lowest BCUT2D eigenvalue weighted by Gasteiger charge is -2.05. The second-order valence-corrected chi connectivity index (χ2v) is 5.94. The maximum absolute atomic E-state index is 11.9. The maximum atomic E-state index is 11.9. The molecule has 1 aromatic rings. The molecule has 0 radical (unpaired) electrons. The standard InChI is InChI=1S/C12H17NO3S/c1-3-13-12(14)8-9-17(15,16)11-6-4-10(2)5-7-11/h4-7H,3,8-9H2,1-2H3,(H,13,14). The van der Waals surface area contributed by atoms with E-state index in [0.29, 0.717) is 6.54 Å². The Hall–Kier alpha value is -1.36. The SMILES string of the molecule is CCNC(=O)CCS(=O)(=O)c1ccc(C)cc1. The largest absolute Gasteiger partial charge is 0.356 e. The molecular formula is C12H17NO3S. The van der Waals surface area contributed by atoms with Crippen LogP contribution in [0.15, 0.2) is 29.2 Å². The highest BCUT2D eigenvalue weighted by Gasteiger charge is 2.15. The van der Waals surface area contributed by atoms with Crippen molar-refractivity contribution in [3.63, 3.8) is 0 Å². The van der Waals surface area contributed by atoms with Crippen molar-refractivity contribution in [3.8, 4) is 0 Å². The van der Waals surface area contributed by atoms with Crippen LogP contribution in [0.25, 0.3) is 0 Å². The number of benzene rings is 1. The van der Waals surface area contributed by atoms with Gasteiger partial charge in [-0.1, -0.05) is 17.7 Å². The lowest BCUT2D eigenvalue weighted by Crippen LogP contribution is -2.25. The first-order valence-electron chi connectivity index (χ1n) is 5.52. The van der Waals surface area contributed by atoms with E-state index in [1.165, 1.54) is 0 Å². The molecule has 0 aliphatic carbocycles. The lowest BCUT2D eigenvalue weighted by molar-refractivity contribution is -0.120. The molecule has 1 aromatic carbocycles. The summed E-state index contributed by atoms with van der Waals surface area (Å²) < 4.78 is 23.7. The van der Waals surface area contributed by atoms with E-state index in [-0.39, 0.29) is 23.0 Å². The topological polar surface area (TPSA) is 63.2 Å². The van der Waals surface area contributed by atoms with Gasteiger partial charge in [0.2, 0.25) is 5.91 Å². The van der Waals surface area contributed by atoms with Crippen molar-refractivity contribution in [1.29, 1.82) is 0 Å². The van der Waals surface area contributed by atoms with E-state index in [1.54, 1.807) is 31.2 Å². The molecular weight excluding hydrogens is 238 g/mol. The monoisotopic (exact) mass is 255 g/mol. The number of rotatable bonds is 5. The van der Waals surface area contributed by atoms with Crippen molar-refractivity contribution in [1.82, 2.24) is 5.32 Å². The molecule has 0 saturated heterocycles. The quantitative estimate of drug-likeness (QED) is 0.862. The third-order valence-corrected chi connectivity index (χ3v) is 4.08. The van der Waals surface area contributed by atoms with Gasteiger partial charge < -0.3 is 5.32 Å². The predicted molar refractivity (Wildman–Crippen MR) is 66.5 cm³/mol. The Bertz CT molecular complexity index is 477. The molecule has 0 aliphatic rings. The summed E-state index contributed by atoms with van der Waals surface area (Å²) in [5.74, 6) is -0.384. The van der Waals surface area contributed by atoms with Crippen molar-refractivity contribution >= 4 is 15.7 Å². The average molecular weight is 255 g/mol. The Kier molecular flexibility index (Phi) is 4.69. The summed E-state index contributed by atoms with van der Waals surface area (Å²) in [6.45, 7) is 4.21. The van der Waals surface area contributed by atoms with Crippen LogP contribution in [0.1, 0.15) is 18.9 Å². The van der Waals surface area contributed by atoms with Crippen molar-refractivity contribution in [2.45, 2.75) is 25.2 Å². The van der Waals surface area contributed by atoms with Crippen molar-refractivity contribution in [3.05, 3.63) is 29.8 Å². The van der Waals surface area contributed by atoms with Crippen LogP contribution in [0.3, 0.4) is 0 Å². The molecule has 0 heterocycles. The minimum Gasteiger partial charge on any atom is -0.356 e. The predicted octanol–water partition coefficient (Wildman–Crippen LogP) is 1.29. The van der Waals surface area contributed by atoms with Crippen LogP contribution in [0.4, 0.5) is 0 Å². The second kappa shape index (κ2) is 5.82. The number of amides is 1. The molecule has 0 aromatic heterocycles. The van der Waals surface area contributed by atoms with Crippen LogP contribution in [-0.2, 0) is 14.6 Å². The highest BCUT2D eigenvalue weighted by molar-refractivity contribution is 7.91. The zero-order chi connectivity index (χ0) is 12.9. The molecule has 4 nitrogen and oxygen atoms in total. The van der Waals surface area contributed by atoms with Crippen LogP contribution < -0.4 is 5.32 Å². The van der Waals surface area contributed by atoms with Crippen molar-refractivity contribution < 1.29 is 13.2 Å². The number of nitrogens with one attached hydrogen (secondary N) is 1. The number of aryl methyl sites for hydroxylation is 1. The Morgan fingerprint density at radius 3 is 2.35 bits per heavy atom. The van der Waals surface area contributed by atoms with Gasteiger partial charge in [0.15, 0.2) is 9.84 Å². The molecule has 0 spiro atoms. The first-order chi connectivity index (χ1) is 7.95. The van der Waals surface area contributed by atoms with Gasteiger partial charge in [-0.3, -0.25) is 4.79 Å².